The molecule has 128 valence electrons. The van der Waals surface area contributed by atoms with Gasteiger partial charge in [0.2, 0.25) is 0 Å². The number of halogens is 3. The van der Waals surface area contributed by atoms with Gasteiger partial charge in [0.15, 0.2) is 12.1 Å². The van der Waals surface area contributed by atoms with Crippen molar-refractivity contribution in [1.29, 1.82) is 0 Å². The van der Waals surface area contributed by atoms with E-state index in [-0.39, 0.29) is 11.1 Å². The third-order valence-corrected chi connectivity index (χ3v) is 3.43. The summed E-state index contributed by atoms with van der Waals surface area (Å²) in [4.78, 5) is 12.0. The number of rotatable bonds is 5. The second kappa shape index (κ2) is 7.35. The van der Waals surface area contributed by atoms with Crippen LogP contribution in [0.15, 0.2) is 54.6 Å². The van der Waals surface area contributed by atoms with Crippen molar-refractivity contribution < 1.29 is 27.8 Å². The summed E-state index contributed by atoms with van der Waals surface area (Å²) in [6, 6.07) is 10.7. The molecule has 2 rings (SSSR count). The second-order valence-corrected chi connectivity index (χ2v) is 5.07. The number of ether oxygens (including phenoxy) is 1. The first kappa shape index (κ1) is 17.8. The van der Waals surface area contributed by atoms with Crippen LogP contribution in [0.5, 0.6) is 5.75 Å². The van der Waals surface area contributed by atoms with Gasteiger partial charge in [-0.3, -0.25) is 4.79 Å². The van der Waals surface area contributed by atoms with E-state index in [0.29, 0.717) is 5.75 Å². The van der Waals surface area contributed by atoms with Crippen molar-refractivity contribution in [2.24, 2.45) is 0 Å². The zero-order chi connectivity index (χ0) is 17.7. The number of carbonyl (C=O) groups is 1. The van der Waals surface area contributed by atoms with Crippen molar-refractivity contribution in [2.45, 2.75) is 18.3 Å². The minimum absolute atomic E-state index is 0.156. The zero-order valence-corrected chi connectivity index (χ0v) is 12.7. The van der Waals surface area contributed by atoms with Crippen molar-refractivity contribution in [2.75, 3.05) is 7.11 Å². The minimum atomic E-state index is -4.71. The molecule has 7 heteroatoms. The van der Waals surface area contributed by atoms with Gasteiger partial charge in [-0.1, -0.05) is 42.5 Å². The molecule has 0 aliphatic carbocycles. The molecule has 0 aliphatic heterocycles. The highest BCUT2D eigenvalue weighted by molar-refractivity contribution is 5.82. The number of aliphatic hydroxyl groups is 1. The van der Waals surface area contributed by atoms with Gasteiger partial charge in [-0.05, 0) is 23.3 Å². The van der Waals surface area contributed by atoms with Gasteiger partial charge in [0, 0.05) is 0 Å². The average molecular weight is 339 g/mol. The fraction of sp³-hybridized carbons (Fsp3) is 0.235. The Kier molecular flexibility index (Phi) is 5.46. The molecule has 0 aromatic heterocycles. The van der Waals surface area contributed by atoms with Gasteiger partial charge in [0.25, 0.3) is 5.91 Å². The van der Waals surface area contributed by atoms with Crippen LogP contribution in [0.25, 0.3) is 0 Å². The van der Waals surface area contributed by atoms with Crippen LogP contribution in [0.1, 0.15) is 23.3 Å². The molecule has 2 N–H and O–H groups in total. The van der Waals surface area contributed by atoms with Crippen LogP contribution in [-0.4, -0.2) is 24.3 Å². The maximum absolute atomic E-state index is 13.3. The number of alkyl halides is 3. The summed E-state index contributed by atoms with van der Waals surface area (Å²) in [6.45, 7) is 0. The molecule has 1 amide bonds. The van der Waals surface area contributed by atoms with E-state index in [9.17, 15) is 23.1 Å². The Labute approximate surface area is 136 Å². The van der Waals surface area contributed by atoms with Gasteiger partial charge in [0.05, 0.1) is 7.11 Å². The lowest BCUT2D eigenvalue weighted by Crippen LogP contribution is -2.40. The molecule has 0 spiro atoms. The monoisotopic (exact) mass is 339 g/mol. The normalized spacial score (nSPS) is 13.9. The van der Waals surface area contributed by atoms with Crippen LogP contribution in [-0.2, 0) is 4.79 Å². The Bertz CT molecular complexity index is 672. The fourth-order valence-electron chi connectivity index (χ4n) is 2.16. The van der Waals surface area contributed by atoms with Gasteiger partial charge in [-0.2, -0.15) is 13.2 Å². The molecule has 0 saturated carbocycles. The first-order valence-corrected chi connectivity index (χ1v) is 7.07. The molecule has 0 radical (unpaired) electrons. The number of nitrogens with one attached hydrogen (secondary N) is 1. The molecule has 4 nitrogen and oxygen atoms in total. The van der Waals surface area contributed by atoms with Crippen molar-refractivity contribution in [1.82, 2.24) is 5.32 Å². The van der Waals surface area contributed by atoms with Crippen LogP contribution in [0.2, 0.25) is 0 Å². The average Bonchev–Trinajstić information content (AvgIpc) is 2.58. The minimum Gasteiger partial charge on any atom is -0.497 e. The number of carbonyl (C=O) groups excluding carboxylic acids is 1. The SMILES string of the molecule is COc1ccc(C(NC(=O)[C@@H](O)c2ccccc2)C(F)(F)F)cc1. The maximum atomic E-state index is 13.3. The summed E-state index contributed by atoms with van der Waals surface area (Å²) in [7, 11) is 1.40. The number of methoxy groups -OCH3 is 1. The molecule has 2 atom stereocenters. The molecule has 0 saturated heterocycles. The second-order valence-electron chi connectivity index (χ2n) is 5.07. The van der Waals surface area contributed by atoms with E-state index in [0.717, 1.165) is 0 Å². The summed E-state index contributed by atoms with van der Waals surface area (Å²) < 4.78 is 44.8. The van der Waals surface area contributed by atoms with E-state index in [1.165, 1.54) is 43.5 Å². The zero-order valence-electron chi connectivity index (χ0n) is 12.7. The molecular weight excluding hydrogens is 323 g/mol. The lowest BCUT2D eigenvalue weighted by atomic mass is 10.0. The van der Waals surface area contributed by atoms with Crippen LogP contribution in [0.3, 0.4) is 0 Å². The van der Waals surface area contributed by atoms with Crippen LogP contribution in [0.4, 0.5) is 13.2 Å². The Morgan fingerprint density at radius 1 is 1.04 bits per heavy atom. The summed E-state index contributed by atoms with van der Waals surface area (Å²) in [6.07, 6.45) is -6.39. The largest absolute Gasteiger partial charge is 0.497 e. The molecule has 0 heterocycles. The van der Waals surface area contributed by atoms with Gasteiger partial charge in [0.1, 0.15) is 5.75 Å². The van der Waals surface area contributed by atoms with Crippen molar-refractivity contribution in [3.63, 3.8) is 0 Å². The molecule has 2 aromatic carbocycles. The molecule has 2 aromatic rings. The summed E-state index contributed by atoms with van der Waals surface area (Å²) in [5, 5.41) is 11.8. The lowest BCUT2D eigenvalue weighted by molar-refractivity contribution is -0.166. The standard InChI is InChI=1S/C17H16F3NO3/c1-24-13-9-7-12(8-10-13)15(17(18,19)20)21-16(23)14(22)11-5-3-2-4-6-11/h2-10,14-15,22H,1H3,(H,21,23)/t14-,15?/m0/s1. The molecule has 24 heavy (non-hydrogen) atoms. The highest BCUT2D eigenvalue weighted by Gasteiger charge is 2.42. The predicted octanol–water partition coefficient (Wildman–Crippen LogP) is 3.15. The summed E-state index contributed by atoms with van der Waals surface area (Å²) >= 11 is 0. The van der Waals surface area contributed by atoms with Crippen LogP contribution < -0.4 is 10.1 Å². The third-order valence-electron chi connectivity index (χ3n) is 3.43. The predicted molar refractivity (Wildman–Crippen MR) is 81.3 cm³/mol. The highest BCUT2D eigenvalue weighted by atomic mass is 19.4. The summed E-state index contributed by atoms with van der Waals surface area (Å²) in [5.74, 6) is -0.727. The van der Waals surface area contributed by atoms with Crippen molar-refractivity contribution in [3.8, 4) is 5.75 Å². The Morgan fingerprint density at radius 3 is 2.12 bits per heavy atom. The number of amides is 1. The number of aliphatic hydroxyl groups excluding tert-OH is 1. The first-order chi connectivity index (χ1) is 11.3. The van der Waals surface area contributed by atoms with E-state index in [2.05, 4.69) is 0 Å². The number of hydrogen-bond acceptors (Lipinski definition) is 3. The Hall–Kier alpha value is -2.54. The topological polar surface area (TPSA) is 58.6 Å². The third kappa shape index (κ3) is 4.26. The Morgan fingerprint density at radius 2 is 1.62 bits per heavy atom. The highest BCUT2D eigenvalue weighted by Crippen LogP contribution is 2.34. The maximum Gasteiger partial charge on any atom is 0.412 e. The smallest absolute Gasteiger partial charge is 0.412 e. The number of hydrogen-bond donors (Lipinski definition) is 2. The first-order valence-electron chi connectivity index (χ1n) is 7.07. The lowest BCUT2D eigenvalue weighted by Gasteiger charge is -2.23. The van der Waals surface area contributed by atoms with Gasteiger partial charge in [-0.25, -0.2) is 0 Å². The van der Waals surface area contributed by atoms with E-state index in [1.54, 1.807) is 18.2 Å². The van der Waals surface area contributed by atoms with E-state index in [1.807, 2.05) is 5.32 Å². The van der Waals surface area contributed by atoms with Crippen LogP contribution >= 0.6 is 0 Å². The quantitative estimate of drug-likeness (QED) is 0.880. The van der Waals surface area contributed by atoms with Gasteiger partial charge < -0.3 is 15.2 Å². The molecular formula is C17H16F3NO3. The fourth-order valence-corrected chi connectivity index (χ4v) is 2.16. The number of benzene rings is 2. The Balaban J connectivity index is 2.21. The molecule has 1 unspecified atom stereocenters. The van der Waals surface area contributed by atoms with E-state index < -0.39 is 24.2 Å². The van der Waals surface area contributed by atoms with Crippen molar-refractivity contribution >= 4 is 5.91 Å². The molecule has 0 fully saturated rings. The molecule has 0 bridgehead atoms. The van der Waals surface area contributed by atoms with E-state index in [4.69, 9.17) is 4.74 Å². The molecule has 0 aliphatic rings. The van der Waals surface area contributed by atoms with Gasteiger partial charge in [-0.15, -0.1) is 0 Å². The van der Waals surface area contributed by atoms with Crippen LogP contribution in [0, 0.1) is 0 Å². The van der Waals surface area contributed by atoms with Crippen molar-refractivity contribution in [3.05, 3.63) is 65.7 Å². The van der Waals surface area contributed by atoms with E-state index >= 15 is 0 Å². The van der Waals surface area contributed by atoms with Gasteiger partial charge >= 0.3 is 6.18 Å². The summed E-state index contributed by atoms with van der Waals surface area (Å²) in [5.41, 5.74) is 0.0579.